The summed E-state index contributed by atoms with van der Waals surface area (Å²) in [5, 5.41) is 0. The van der Waals surface area contributed by atoms with E-state index in [1.165, 1.54) is 11.1 Å². The van der Waals surface area contributed by atoms with E-state index in [-0.39, 0.29) is 11.3 Å². The minimum absolute atomic E-state index is 0.0861. The molecule has 2 rings (SSSR count). The number of carbonyl (C=O) groups excluding carboxylic acids is 1. The Morgan fingerprint density at radius 1 is 1.18 bits per heavy atom. The van der Waals surface area contributed by atoms with E-state index in [1.54, 1.807) is 0 Å². The number of carbonyl (C=O) groups is 1. The van der Waals surface area contributed by atoms with Gasteiger partial charge in [-0.3, -0.25) is 9.69 Å². The lowest BCUT2D eigenvalue weighted by Crippen LogP contribution is -2.56. The highest BCUT2D eigenvalue weighted by molar-refractivity contribution is 5.82. The van der Waals surface area contributed by atoms with Gasteiger partial charge in [0.1, 0.15) is 0 Å². The molecule has 22 heavy (non-hydrogen) atoms. The highest BCUT2D eigenvalue weighted by Crippen LogP contribution is 2.20. The number of nitrogens with zero attached hydrogens (tertiary/aromatic N) is 2. The predicted octanol–water partition coefficient (Wildman–Crippen LogP) is 2.01. The summed E-state index contributed by atoms with van der Waals surface area (Å²) in [6.07, 6.45) is 0. The Kier molecular flexibility index (Phi) is 5.24. The molecule has 1 aromatic rings. The average molecular weight is 303 g/mol. The largest absolute Gasteiger partial charge is 0.339 e. The van der Waals surface area contributed by atoms with Crippen molar-refractivity contribution in [3.8, 4) is 0 Å². The molecule has 1 atom stereocenters. The fourth-order valence-corrected chi connectivity index (χ4v) is 2.72. The summed E-state index contributed by atoms with van der Waals surface area (Å²) in [5.74, 6) is 0.0861. The van der Waals surface area contributed by atoms with Crippen LogP contribution in [0.3, 0.4) is 0 Å². The number of hydrogen-bond donors (Lipinski definition) is 1. The summed E-state index contributed by atoms with van der Waals surface area (Å²) in [6, 6.07) is 8.07. The van der Waals surface area contributed by atoms with Gasteiger partial charge >= 0.3 is 0 Å². The molecular weight excluding hydrogens is 274 g/mol. The highest BCUT2D eigenvalue weighted by Gasteiger charge is 2.32. The average Bonchev–Trinajstić information content (AvgIpc) is 2.48. The lowest BCUT2D eigenvalue weighted by atomic mass is 9.86. The van der Waals surface area contributed by atoms with E-state index in [0.29, 0.717) is 0 Å². The van der Waals surface area contributed by atoms with Gasteiger partial charge in [-0.05, 0) is 23.5 Å². The molecular formula is C18H29N3O. The van der Waals surface area contributed by atoms with Crippen molar-refractivity contribution in [2.24, 2.45) is 11.1 Å². The van der Waals surface area contributed by atoms with Crippen molar-refractivity contribution in [3.63, 3.8) is 0 Å². The van der Waals surface area contributed by atoms with Crippen LogP contribution < -0.4 is 5.73 Å². The van der Waals surface area contributed by atoms with E-state index in [1.807, 2.05) is 25.7 Å². The topological polar surface area (TPSA) is 49.6 Å². The second kappa shape index (κ2) is 6.80. The zero-order chi connectivity index (χ0) is 16.3. The molecule has 0 radical (unpaired) electrons. The second-order valence-corrected chi connectivity index (χ2v) is 7.37. The van der Waals surface area contributed by atoms with Crippen LogP contribution in [0.1, 0.15) is 31.9 Å². The predicted molar refractivity (Wildman–Crippen MR) is 90.5 cm³/mol. The summed E-state index contributed by atoms with van der Waals surface area (Å²) in [7, 11) is 0. The number of piperazine rings is 1. The summed E-state index contributed by atoms with van der Waals surface area (Å²) >= 11 is 0. The fourth-order valence-electron chi connectivity index (χ4n) is 2.72. The standard InChI is InChI=1S/C18H29N3O/c1-14-7-5-6-8-15(14)13-20-9-11-21(12-10-20)17(22)16(19)18(2,3)4/h5-8,16H,9-13,19H2,1-4H3/t16-/m1/s1. The molecule has 1 fully saturated rings. The lowest BCUT2D eigenvalue weighted by Gasteiger charge is -2.38. The molecule has 0 unspecified atom stereocenters. The van der Waals surface area contributed by atoms with Crippen molar-refractivity contribution in [1.29, 1.82) is 0 Å². The van der Waals surface area contributed by atoms with Gasteiger partial charge in [-0.1, -0.05) is 45.0 Å². The minimum atomic E-state index is -0.421. The molecule has 1 saturated heterocycles. The summed E-state index contributed by atoms with van der Waals surface area (Å²) < 4.78 is 0. The Hall–Kier alpha value is -1.39. The quantitative estimate of drug-likeness (QED) is 0.929. The Bertz CT molecular complexity index is 513. The van der Waals surface area contributed by atoms with Crippen LogP contribution >= 0.6 is 0 Å². The smallest absolute Gasteiger partial charge is 0.240 e. The van der Waals surface area contributed by atoms with Gasteiger partial charge in [0.15, 0.2) is 0 Å². The summed E-state index contributed by atoms with van der Waals surface area (Å²) in [4.78, 5) is 16.8. The normalized spacial score (nSPS) is 18.3. The number of amides is 1. The van der Waals surface area contributed by atoms with Crippen LogP contribution in [0.15, 0.2) is 24.3 Å². The van der Waals surface area contributed by atoms with E-state index in [2.05, 4.69) is 36.1 Å². The van der Waals surface area contributed by atoms with Gasteiger partial charge in [-0.15, -0.1) is 0 Å². The maximum Gasteiger partial charge on any atom is 0.240 e. The number of nitrogens with two attached hydrogens (primary N) is 1. The fraction of sp³-hybridized carbons (Fsp3) is 0.611. The molecule has 1 aliphatic rings. The first kappa shape index (κ1) is 17.0. The Labute approximate surface area is 134 Å². The molecule has 4 nitrogen and oxygen atoms in total. The molecule has 0 bridgehead atoms. The van der Waals surface area contributed by atoms with Crippen LogP contribution in [0.5, 0.6) is 0 Å². The maximum atomic E-state index is 12.4. The number of aryl methyl sites for hydroxylation is 1. The molecule has 0 spiro atoms. The molecule has 2 N–H and O–H groups in total. The van der Waals surface area contributed by atoms with Crippen molar-refractivity contribution in [2.75, 3.05) is 26.2 Å². The van der Waals surface area contributed by atoms with E-state index in [4.69, 9.17) is 5.73 Å². The van der Waals surface area contributed by atoms with Gasteiger partial charge in [0.25, 0.3) is 0 Å². The summed E-state index contributed by atoms with van der Waals surface area (Å²) in [5.41, 5.74) is 8.61. The van der Waals surface area contributed by atoms with Gasteiger partial charge in [-0.2, -0.15) is 0 Å². The first-order valence-corrected chi connectivity index (χ1v) is 8.10. The third-order valence-electron chi connectivity index (χ3n) is 4.54. The maximum absolute atomic E-state index is 12.4. The van der Waals surface area contributed by atoms with Gasteiger partial charge in [0, 0.05) is 32.7 Å². The molecule has 4 heteroatoms. The van der Waals surface area contributed by atoms with Crippen LogP contribution in [0, 0.1) is 12.3 Å². The van der Waals surface area contributed by atoms with Crippen molar-refractivity contribution in [3.05, 3.63) is 35.4 Å². The molecule has 0 saturated carbocycles. The monoisotopic (exact) mass is 303 g/mol. The van der Waals surface area contributed by atoms with Crippen molar-refractivity contribution in [1.82, 2.24) is 9.80 Å². The molecule has 1 heterocycles. The first-order chi connectivity index (χ1) is 10.3. The van der Waals surface area contributed by atoms with Crippen LogP contribution in [0.4, 0.5) is 0 Å². The third kappa shape index (κ3) is 4.08. The van der Waals surface area contributed by atoms with Crippen LogP contribution in [-0.2, 0) is 11.3 Å². The zero-order valence-corrected chi connectivity index (χ0v) is 14.3. The number of rotatable bonds is 3. The minimum Gasteiger partial charge on any atom is -0.339 e. The highest BCUT2D eigenvalue weighted by atomic mass is 16.2. The lowest BCUT2D eigenvalue weighted by molar-refractivity contribution is -0.136. The van der Waals surface area contributed by atoms with E-state index < -0.39 is 6.04 Å². The molecule has 0 aliphatic carbocycles. The molecule has 1 amide bonds. The van der Waals surface area contributed by atoms with Gasteiger partial charge in [-0.25, -0.2) is 0 Å². The molecule has 1 aromatic carbocycles. The van der Waals surface area contributed by atoms with Crippen LogP contribution in [0.2, 0.25) is 0 Å². The van der Waals surface area contributed by atoms with Gasteiger partial charge in [0.05, 0.1) is 6.04 Å². The summed E-state index contributed by atoms with van der Waals surface area (Å²) in [6.45, 7) is 12.5. The first-order valence-electron chi connectivity index (χ1n) is 8.10. The molecule has 0 aromatic heterocycles. The second-order valence-electron chi connectivity index (χ2n) is 7.37. The van der Waals surface area contributed by atoms with Gasteiger partial charge < -0.3 is 10.6 Å². The Balaban J connectivity index is 1.88. The van der Waals surface area contributed by atoms with E-state index >= 15 is 0 Å². The van der Waals surface area contributed by atoms with E-state index in [0.717, 1.165) is 32.7 Å². The Morgan fingerprint density at radius 3 is 2.32 bits per heavy atom. The SMILES string of the molecule is Cc1ccccc1CN1CCN(C(=O)[C@@H](N)C(C)(C)C)CC1. The van der Waals surface area contributed by atoms with Gasteiger partial charge in [0.2, 0.25) is 5.91 Å². The van der Waals surface area contributed by atoms with Crippen molar-refractivity contribution in [2.45, 2.75) is 40.3 Å². The molecule has 1 aliphatic heterocycles. The van der Waals surface area contributed by atoms with Crippen LogP contribution in [0.25, 0.3) is 0 Å². The Morgan fingerprint density at radius 2 is 1.77 bits per heavy atom. The molecule has 122 valence electrons. The van der Waals surface area contributed by atoms with Crippen molar-refractivity contribution >= 4 is 5.91 Å². The zero-order valence-electron chi connectivity index (χ0n) is 14.3. The number of benzene rings is 1. The van der Waals surface area contributed by atoms with E-state index in [9.17, 15) is 4.79 Å². The third-order valence-corrected chi connectivity index (χ3v) is 4.54. The number of hydrogen-bond acceptors (Lipinski definition) is 3. The van der Waals surface area contributed by atoms with Crippen molar-refractivity contribution < 1.29 is 4.79 Å². The van der Waals surface area contributed by atoms with Crippen LogP contribution in [-0.4, -0.2) is 47.9 Å².